The first kappa shape index (κ1) is 10.7. The quantitative estimate of drug-likeness (QED) is 0.759. The highest BCUT2D eigenvalue weighted by molar-refractivity contribution is 5.82. The lowest BCUT2D eigenvalue weighted by molar-refractivity contribution is -0.126. The van der Waals surface area contributed by atoms with E-state index in [4.69, 9.17) is 5.11 Å². The predicted octanol–water partition coefficient (Wildman–Crippen LogP) is 1.27. The molecular formula is C11H14O3. The third kappa shape index (κ3) is 2.85. The zero-order valence-electron chi connectivity index (χ0n) is 8.10. The molecule has 0 fully saturated rings. The number of carbonyl (C=O) groups excluding carboxylic acids is 1. The van der Waals surface area contributed by atoms with Gasteiger partial charge >= 0.3 is 0 Å². The predicted molar refractivity (Wildman–Crippen MR) is 53.1 cm³/mol. The van der Waals surface area contributed by atoms with Crippen LogP contribution in [0.3, 0.4) is 0 Å². The molecule has 0 heterocycles. The van der Waals surface area contributed by atoms with Crippen LogP contribution in [0.25, 0.3) is 0 Å². The van der Waals surface area contributed by atoms with Gasteiger partial charge < -0.3 is 10.2 Å². The Labute approximate surface area is 83.0 Å². The molecular weight excluding hydrogens is 180 g/mol. The first-order valence-electron chi connectivity index (χ1n) is 4.62. The molecule has 0 radical (unpaired) electrons. The number of aromatic hydroxyl groups is 1. The Morgan fingerprint density at radius 1 is 1.36 bits per heavy atom. The number of hydrogen-bond donors (Lipinski definition) is 2. The number of benzene rings is 1. The van der Waals surface area contributed by atoms with Gasteiger partial charge in [-0.25, -0.2) is 0 Å². The largest absolute Gasteiger partial charge is 0.508 e. The normalized spacial score (nSPS) is 12.4. The van der Waals surface area contributed by atoms with E-state index in [1.807, 2.05) is 0 Å². The van der Waals surface area contributed by atoms with E-state index in [0.717, 1.165) is 5.56 Å². The van der Waals surface area contributed by atoms with Gasteiger partial charge in [-0.2, -0.15) is 0 Å². The molecule has 3 nitrogen and oxygen atoms in total. The number of carbonyl (C=O) groups is 1. The molecule has 0 aromatic heterocycles. The summed E-state index contributed by atoms with van der Waals surface area (Å²) in [5.41, 5.74) is 0.845. The average molecular weight is 194 g/mol. The SMILES string of the molecule is CCC(=O)C(O)Cc1ccc(O)cc1. The van der Waals surface area contributed by atoms with Crippen LogP contribution >= 0.6 is 0 Å². The summed E-state index contributed by atoms with van der Waals surface area (Å²) in [6.07, 6.45) is -0.267. The Balaban J connectivity index is 2.60. The summed E-state index contributed by atoms with van der Waals surface area (Å²) in [6.45, 7) is 1.72. The van der Waals surface area contributed by atoms with Crippen LogP contribution in [-0.4, -0.2) is 22.1 Å². The van der Waals surface area contributed by atoms with E-state index < -0.39 is 6.10 Å². The van der Waals surface area contributed by atoms with Crippen molar-refractivity contribution in [3.05, 3.63) is 29.8 Å². The first-order chi connectivity index (χ1) is 6.63. The van der Waals surface area contributed by atoms with Crippen molar-refractivity contribution >= 4 is 5.78 Å². The molecule has 1 aromatic carbocycles. The maximum absolute atomic E-state index is 11.1. The molecule has 0 aliphatic heterocycles. The molecule has 0 saturated carbocycles. The lowest BCUT2D eigenvalue weighted by Gasteiger charge is -2.07. The fraction of sp³-hybridized carbons (Fsp3) is 0.364. The smallest absolute Gasteiger partial charge is 0.161 e. The number of aliphatic hydroxyl groups is 1. The van der Waals surface area contributed by atoms with E-state index in [9.17, 15) is 9.90 Å². The highest BCUT2D eigenvalue weighted by Gasteiger charge is 2.12. The summed E-state index contributed by atoms with van der Waals surface area (Å²) in [5.74, 6) is 0.0307. The Morgan fingerprint density at radius 3 is 2.43 bits per heavy atom. The molecule has 2 N–H and O–H groups in total. The van der Waals surface area contributed by atoms with Crippen molar-refractivity contribution < 1.29 is 15.0 Å². The monoisotopic (exact) mass is 194 g/mol. The zero-order chi connectivity index (χ0) is 10.6. The van der Waals surface area contributed by atoms with Gasteiger partial charge in [0.25, 0.3) is 0 Å². The van der Waals surface area contributed by atoms with Crippen LogP contribution < -0.4 is 0 Å². The van der Waals surface area contributed by atoms with E-state index in [0.29, 0.717) is 12.8 Å². The van der Waals surface area contributed by atoms with Crippen LogP contribution in [0.5, 0.6) is 5.75 Å². The molecule has 0 aliphatic rings. The lowest BCUT2D eigenvalue weighted by atomic mass is 10.0. The van der Waals surface area contributed by atoms with Crippen molar-refractivity contribution in [2.75, 3.05) is 0 Å². The van der Waals surface area contributed by atoms with Crippen molar-refractivity contribution in [3.63, 3.8) is 0 Å². The van der Waals surface area contributed by atoms with Gasteiger partial charge in [0.15, 0.2) is 5.78 Å². The third-order valence-corrected chi connectivity index (χ3v) is 2.09. The molecule has 76 valence electrons. The van der Waals surface area contributed by atoms with Crippen LogP contribution in [0.2, 0.25) is 0 Å². The zero-order valence-corrected chi connectivity index (χ0v) is 8.10. The highest BCUT2D eigenvalue weighted by Crippen LogP contribution is 2.11. The molecule has 1 aromatic rings. The topological polar surface area (TPSA) is 57.5 Å². The Morgan fingerprint density at radius 2 is 1.93 bits per heavy atom. The van der Waals surface area contributed by atoms with Crippen molar-refractivity contribution in [2.24, 2.45) is 0 Å². The number of aliphatic hydroxyl groups excluding tert-OH is 1. The minimum absolute atomic E-state index is 0.155. The highest BCUT2D eigenvalue weighted by atomic mass is 16.3. The maximum Gasteiger partial charge on any atom is 0.161 e. The Kier molecular flexibility index (Phi) is 3.65. The van der Waals surface area contributed by atoms with Crippen LogP contribution in [0.15, 0.2) is 24.3 Å². The van der Waals surface area contributed by atoms with Crippen LogP contribution in [0.1, 0.15) is 18.9 Å². The number of phenols is 1. The van der Waals surface area contributed by atoms with E-state index in [1.165, 1.54) is 0 Å². The van der Waals surface area contributed by atoms with Gasteiger partial charge in [-0.3, -0.25) is 4.79 Å². The fourth-order valence-electron chi connectivity index (χ4n) is 1.20. The van der Waals surface area contributed by atoms with Gasteiger partial charge in [0.2, 0.25) is 0 Å². The van der Waals surface area contributed by atoms with Crippen LogP contribution in [0.4, 0.5) is 0 Å². The van der Waals surface area contributed by atoms with E-state index >= 15 is 0 Å². The molecule has 0 spiro atoms. The molecule has 1 rings (SSSR count). The number of phenolic OH excluding ortho intramolecular Hbond substituents is 1. The van der Waals surface area contributed by atoms with Gasteiger partial charge in [0.05, 0.1) is 0 Å². The van der Waals surface area contributed by atoms with Gasteiger partial charge in [0.1, 0.15) is 11.9 Å². The summed E-state index contributed by atoms with van der Waals surface area (Å²) in [7, 11) is 0. The van der Waals surface area contributed by atoms with Crippen LogP contribution in [-0.2, 0) is 11.2 Å². The van der Waals surface area contributed by atoms with E-state index in [-0.39, 0.29) is 11.5 Å². The fourth-order valence-corrected chi connectivity index (χ4v) is 1.20. The maximum atomic E-state index is 11.1. The number of Topliss-reactive ketones (excluding diaryl/α,β-unsaturated/α-hetero) is 1. The summed E-state index contributed by atoms with van der Waals surface area (Å²) < 4.78 is 0. The summed E-state index contributed by atoms with van der Waals surface area (Å²) in [4.78, 5) is 11.1. The number of ketones is 1. The van der Waals surface area contributed by atoms with Crippen molar-refractivity contribution in [1.29, 1.82) is 0 Å². The standard InChI is InChI=1S/C11H14O3/c1-2-10(13)11(14)7-8-3-5-9(12)6-4-8/h3-6,11-12,14H,2,7H2,1H3. The van der Waals surface area contributed by atoms with Crippen LogP contribution in [0, 0.1) is 0 Å². The molecule has 0 bridgehead atoms. The number of rotatable bonds is 4. The second-order valence-corrected chi connectivity index (χ2v) is 3.21. The molecule has 1 atom stereocenters. The van der Waals surface area contributed by atoms with Gasteiger partial charge in [-0.15, -0.1) is 0 Å². The van der Waals surface area contributed by atoms with Crippen molar-refractivity contribution in [3.8, 4) is 5.75 Å². The summed E-state index contributed by atoms with van der Waals surface area (Å²) in [6, 6.07) is 6.47. The minimum Gasteiger partial charge on any atom is -0.508 e. The van der Waals surface area contributed by atoms with Gasteiger partial charge in [0, 0.05) is 12.8 Å². The third-order valence-electron chi connectivity index (χ3n) is 2.09. The molecule has 0 saturated heterocycles. The summed E-state index contributed by atoms with van der Waals surface area (Å²) in [5, 5.41) is 18.4. The van der Waals surface area contributed by atoms with Gasteiger partial charge in [-0.05, 0) is 17.7 Å². The Hall–Kier alpha value is -1.35. The molecule has 1 unspecified atom stereocenters. The van der Waals surface area contributed by atoms with Crippen molar-refractivity contribution in [1.82, 2.24) is 0 Å². The summed E-state index contributed by atoms with van der Waals surface area (Å²) >= 11 is 0. The molecule has 0 aliphatic carbocycles. The van der Waals surface area contributed by atoms with E-state index in [1.54, 1.807) is 31.2 Å². The Bertz CT molecular complexity index is 303. The van der Waals surface area contributed by atoms with Gasteiger partial charge in [-0.1, -0.05) is 19.1 Å². The lowest BCUT2D eigenvalue weighted by Crippen LogP contribution is -2.21. The van der Waals surface area contributed by atoms with Crippen molar-refractivity contribution in [2.45, 2.75) is 25.9 Å². The number of hydrogen-bond acceptors (Lipinski definition) is 3. The minimum atomic E-state index is -0.926. The molecule has 14 heavy (non-hydrogen) atoms. The molecule has 0 amide bonds. The first-order valence-corrected chi connectivity index (χ1v) is 4.62. The van der Waals surface area contributed by atoms with E-state index in [2.05, 4.69) is 0 Å². The molecule has 3 heteroatoms. The second kappa shape index (κ2) is 4.77. The average Bonchev–Trinajstić information content (AvgIpc) is 2.20. The second-order valence-electron chi connectivity index (χ2n) is 3.21.